The summed E-state index contributed by atoms with van der Waals surface area (Å²) in [5.41, 5.74) is 2.11. The van der Waals surface area contributed by atoms with Crippen LogP contribution in [0.2, 0.25) is 0 Å². The number of rotatable bonds is 6. The molecule has 2 aromatic rings. The van der Waals surface area contributed by atoms with Gasteiger partial charge in [-0.05, 0) is 24.1 Å². The second-order valence-corrected chi connectivity index (χ2v) is 4.61. The Kier molecular flexibility index (Phi) is 4.54. The van der Waals surface area contributed by atoms with Crippen LogP contribution in [0, 0.1) is 10.1 Å². The van der Waals surface area contributed by atoms with E-state index in [2.05, 4.69) is 5.10 Å². The molecule has 0 fully saturated rings. The molecule has 0 unspecified atom stereocenters. The molecule has 0 saturated heterocycles. The van der Waals surface area contributed by atoms with Gasteiger partial charge in [-0.15, -0.1) is 0 Å². The van der Waals surface area contributed by atoms with Crippen LogP contribution in [0.4, 0.5) is 5.69 Å². The number of aliphatic hydroxyl groups excluding tert-OH is 1. The lowest BCUT2D eigenvalue weighted by atomic mass is 10.2. The van der Waals surface area contributed by atoms with Crippen molar-refractivity contribution in [2.24, 2.45) is 7.05 Å². The van der Waals surface area contributed by atoms with Gasteiger partial charge in [-0.25, -0.2) is 0 Å². The second-order valence-electron chi connectivity index (χ2n) is 4.61. The van der Waals surface area contributed by atoms with E-state index < -0.39 is 4.92 Å². The Hall–Kier alpha value is -2.41. The van der Waals surface area contributed by atoms with Gasteiger partial charge < -0.3 is 9.84 Å². The lowest BCUT2D eigenvalue weighted by Gasteiger charge is -2.07. The molecule has 0 amide bonds. The third-order valence-corrected chi connectivity index (χ3v) is 3.17. The van der Waals surface area contributed by atoms with Crippen molar-refractivity contribution >= 4 is 5.69 Å². The highest BCUT2D eigenvalue weighted by Crippen LogP contribution is 2.28. The number of aromatic nitrogens is 2. The third-order valence-electron chi connectivity index (χ3n) is 3.17. The molecule has 1 aromatic carbocycles. The number of hydrogen-bond donors (Lipinski definition) is 1. The average molecular weight is 291 g/mol. The molecule has 0 aliphatic rings. The van der Waals surface area contributed by atoms with Crippen LogP contribution in [0.25, 0.3) is 0 Å². The number of nitro benzene ring substituents is 1. The molecule has 1 heterocycles. The van der Waals surface area contributed by atoms with Gasteiger partial charge in [-0.3, -0.25) is 14.8 Å². The van der Waals surface area contributed by atoms with Crippen LogP contribution >= 0.6 is 0 Å². The summed E-state index contributed by atoms with van der Waals surface area (Å²) in [4.78, 5) is 10.5. The monoisotopic (exact) mass is 291 g/mol. The molecule has 2 rings (SSSR count). The minimum Gasteiger partial charge on any atom is -0.480 e. The largest absolute Gasteiger partial charge is 0.480 e. The number of aliphatic hydroxyl groups is 1. The molecular formula is C14H17N3O4. The van der Waals surface area contributed by atoms with E-state index in [4.69, 9.17) is 9.84 Å². The summed E-state index contributed by atoms with van der Waals surface area (Å²) in [6.07, 6.45) is 0.819. The van der Waals surface area contributed by atoms with Gasteiger partial charge in [-0.1, -0.05) is 13.0 Å². The number of nitrogens with zero attached hydrogens (tertiary/aromatic N) is 3. The molecule has 0 saturated carbocycles. The lowest BCUT2D eigenvalue weighted by Crippen LogP contribution is -2.04. The van der Waals surface area contributed by atoms with E-state index in [-0.39, 0.29) is 24.7 Å². The highest BCUT2D eigenvalue weighted by Gasteiger charge is 2.16. The van der Waals surface area contributed by atoms with E-state index >= 15 is 0 Å². The summed E-state index contributed by atoms with van der Waals surface area (Å²) in [6, 6.07) is 6.33. The fourth-order valence-electron chi connectivity index (χ4n) is 1.96. The van der Waals surface area contributed by atoms with Crippen LogP contribution in [-0.4, -0.2) is 19.8 Å². The zero-order chi connectivity index (χ0) is 15.4. The molecular weight excluding hydrogens is 274 g/mol. The summed E-state index contributed by atoms with van der Waals surface area (Å²) in [5, 5.41) is 24.4. The van der Waals surface area contributed by atoms with E-state index in [0.717, 1.165) is 17.8 Å². The van der Waals surface area contributed by atoms with Crippen LogP contribution in [0.15, 0.2) is 24.3 Å². The van der Waals surface area contributed by atoms with Crippen LogP contribution in [0.1, 0.15) is 23.9 Å². The topological polar surface area (TPSA) is 90.4 Å². The van der Waals surface area contributed by atoms with Gasteiger partial charge in [0, 0.05) is 13.1 Å². The van der Waals surface area contributed by atoms with Crippen LogP contribution in [0.3, 0.4) is 0 Å². The van der Waals surface area contributed by atoms with Crippen molar-refractivity contribution in [3.63, 3.8) is 0 Å². The molecule has 0 atom stereocenters. The Balaban J connectivity index is 2.19. The van der Waals surface area contributed by atoms with Crippen molar-refractivity contribution in [3.05, 3.63) is 51.3 Å². The van der Waals surface area contributed by atoms with Crippen molar-refractivity contribution < 1.29 is 14.8 Å². The summed E-state index contributed by atoms with van der Waals surface area (Å²) in [7, 11) is 1.81. The zero-order valence-corrected chi connectivity index (χ0v) is 11.9. The maximum absolute atomic E-state index is 11.0. The van der Waals surface area contributed by atoms with E-state index in [1.54, 1.807) is 17.8 Å². The number of hydrogen-bond acceptors (Lipinski definition) is 5. The average Bonchev–Trinajstić information content (AvgIpc) is 2.85. The van der Waals surface area contributed by atoms with E-state index in [9.17, 15) is 10.1 Å². The van der Waals surface area contributed by atoms with Gasteiger partial charge in [-0.2, -0.15) is 5.10 Å². The van der Waals surface area contributed by atoms with Crippen LogP contribution in [-0.2, 0) is 26.7 Å². The Morgan fingerprint density at radius 2 is 2.19 bits per heavy atom. The fourth-order valence-corrected chi connectivity index (χ4v) is 1.96. The molecule has 112 valence electrons. The van der Waals surface area contributed by atoms with Gasteiger partial charge in [0.2, 0.25) is 0 Å². The van der Waals surface area contributed by atoms with E-state index in [0.29, 0.717) is 5.56 Å². The Morgan fingerprint density at radius 3 is 2.76 bits per heavy atom. The van der Waals surface area contributed by atoms with Gasteiger partial charge >= 0.3 is 5.69 Å². The molecule has 1 N–H and O–H groups in total. The summed E-state index contributed by atoms with van der Waals surface area (Å²) in [5.74, 6) is 0.177. The van der Waals surface area contributed by atoms with Gasteiger partial charge in [0.25, 0.3) is 0 Å². The van der Waals surface area contributed by atoms with Gasteiger partial charge in [0.15, 0.2) is 5.75 Å². The first-order valence-corrected chi connectivity index (χ1v) is 6.58. The molecule has 0 bridgehead atoms. The maximum Gasteiger partial charge on any atom is 0.311 e. The Bertz CT molecular complexity index is 652. The summed E-state index contributed by atoms with van der Waals surface area (Å²) < 4.78 is 7.24. The van der Waals surface area contributed by atoms with Crippen molar-refractivity contribution in [1.29, 1.82) is 0 Å². The van der Waals surface area contributed by atoms with Crippen LogP contribution in [0.5, 0.6) is 5.75 Å². The first-order chi connectivity index (χ1) is 10.0. The SMILES string of the molecule is CCc1cc(COc2ccc(CO)cc2[N+](=O)[O-])n(C)n1. The smallest absolute Gasteiger partial charge is 0.311 e. The fraction of sp³-hybridized carbons (Fsp3) is 0.357. The van der Waals surface area contributed by atoms with Crippen LogP contribution < -0.4 is 4.74 Å². The highest BCUT2D eigenvalue weighted by atomic mass is 16.6. The lowest BCUT2D eigenvalue weighted by molar-refractivity contribution is -0.386. The zero-order valence-electron chi connectivity index (χ0n) is 11.9. The van der Waals surface area contributed by atoms with Gasteiger partial charge in [0.05, 0.1) is 22.9 Å². The first-order valence-electron chi connectivity index (χ1n) is 6.58. The number of benzene rings is 1. The molecule has 0 aliphatic carbocycles. The summed E-state index contributed by atoms with van der Waals surface area (Å²) >= 11 is 0. The molecule has 0 aliphatic heterocycles. The first kappa shape index (κ1) is 15.0. The molecule has 1 aromatic heterocycles. The Labute approximate surface area is 121 Å². The molecule has 0 radical (unpaired) electrons. The standard InChI is InChI=1S/C14H17N3O4/c1-3-11-7-12(16(2)15-11)9-21-14-5-4-10(8-18)6-13(14)17(19)20/h4-7,18H,3,8-9H2,1-2H3. The van der Waals surface area contributed by atoms with Crippen molar-refractivity contribution in [1.82, 2.24) is 9.78 Å². The third kappa shape index (κ3) is 3.38. The number of aryl methyl sites for hydroxylation is 2. The Morgan fingerprint density at radius 1 is 1.43 bits per heavy atom. The quantitative estimate of drug-likeness (QED) is 0.649. The molecule has 7 nitrogen and oxygen atoms in total. The summed E-state index contributed by atoms with van der Waals surface area (Å²) in [6.45, 7) is 1.96. The van der Waals surface area contributed by atoms with Crippen molar-refractivity contribution in [3.8, 4) is 5.75 Å². The maximum atomic E-state index is 11.0. The predicted molar refractivity (Wildman–Crippen MR) is 75.9 cm³/mol. The van der Waals surface area contributed by atoms with E-state index in [1.165, 1.54) is 12.1 Å². The van der Waals surface area contributed by atoms with Gasteiger partial charge in [0.1, 0.15) is 6.61 Å². The van der Waals surface area contributed by atoms with Crippen molar-refractivity contribution in [2.45, 2.75) is 26.6 Å². The predicted octanol–water partition coefficient (Wildman–Crippen LogP) is 1.96. The minimum absolute atomic E-state index is 0.153. The number of nitro groups is 1. The highest BCUT2D eigenvalue weighted by molar-refractivity contribution is 5.48. The van der Waals surface area contributed by atoms with Crippen molar-refractivity contribution in [2.75, 3.05) is 0 Å². The number of ether oxygens (including phenoxy) is 1. The molecule has 0 spiro atoms. The van der Waals surface area contributed by atoms with E-state index in [1.807, 2.05) is 13.0 Å². The molecule has 21 heavy (non-hydrogen) atoms. The molecule has 7 heteroatoms. The normalized spacial score (nSPS) is 10.6. The second kappa shape index (κ2) is 6.36. The minimum atomic E-state index is -0.519.